The molecule has 0 aliphatic heterocycles. The van der Waals surface area contributed by atoms with E-state index in [4.69, 9.17) is 0 Å². The Morgan fingerprint density at radius 3 is 1.12 bits per heavy atom. The zero-order chi connectivity index (χ0) is 37.1. The average molecular weight is 728 g/mol. The van der Waals surface area contributed by atoms with E-state index >= 15 is 0 Å². The van der Waals surface area contributed by atoms with E-state index in [9.17, 15) is 0 Å². The summed E-state index contributed by atoms with van der Waals surface area (Å²) in [4.78, 5) is 4.25. The first-order valence-corrected chi connectivity index (χ1v) is 21.4. The number of rotatable bonds is 6. The van der Waals surface area contributed by atoms with Gasteiger partial charge in [0.2, 0.25) is 0 Å². The molecule has 0 atom stereocenters. The van der Waals surface area contributed by atoms with Crippen LogP contribution in [0.3, 0.4) is 0 Å². The van der Waals surface area contributed by atoms with Crippen LogP contribution in [0.2, 0.25) is 0 Å². The Kier molecular flexibility index (Phi) is 7.48. The van der Waals surface area contributed by atoms with Gasteiger partial charge in [-0.2, -0.15) is 0 Å². The van der Waals surface area contributed by atoms with Gasteiger partial charge in [-0.05, 0) is 106 Å². The third kappa shape index (κ3) is 4.63. The molecule has 2 aliphatic rings. The molecule has 0 unspecified atom stereocenters. The van der Waals surface area contributed by atoms with Gasteiger partial charge in [-0.1, -0.05) is 194 Å². The molecule has 0 saturated carbocycles. The van der Waals surface area contributed by atoms with Crippen molar-refractivity contribution in [3.63, 3.8) is 0 Å². The molecule has 11 rings (SSSR count). The topological polar surface area (TPSA) is 12.9 Å². The SMILES string of the molecule is c1ccc([Si](c2ccccc2)(c2ccc(-c3ccncc3)cc2)c2ccc(-c3ccc4c(c3)C3(c5ccccc5-c5ccccc53)c3ccccc3-4)cc2)cc1. The lowest BCUT2D eigenvalue weighted by molar-refractivity contribution is 0.794. The molecule has 1 aromatic heterocycles. The molecule has 1 heterocycles. The minimum atomic E-state index is -2.73. The highest BCUT2D eigenvalue weighted by atomic mass is 28.3. The minimum absolute atomic E-state index is 0.361. The van der Waals surface area contributed by atoms with Crippen LogP contribution < -0.4 is 20.7 Å². The van der Waals surface area contributed by atoms with E-state index < -0.39 is 8.07 Å². The van der Waals surface area contributed by atoms with Gasteiger partial charge in [0.25, 0.3) is 0 Å². The van der Waals surface area contributed by atoms with Gasteiger partial charge in [0.05, 0.1) is 5.41 Å². The number of aromatic nitrogens is 1. The standard InChI is InChI=1S/C54H37NSi/c1-3-13-42(14-4-1)56(43-15-5-2-6-16-43,44-28-23-38(24-29-44)40-33-35-55-36-34-40)45-30-25-39(26-31-45)41-27-32-49-48-19-9-12-22-52(48)54(53(49)37-41)50-20-10-7-17-46(50)47-18-8-11-21-51(47)54/h1-37H. The quantitative estimate of drug-likeness (QED) is 0.123. The molecular weight excluding hydrogens is 691 g/mol. The van der Waals surface area contributed by atoms with Crippen LogP contribution in [0.15, 0.2) is 225 Å². The van der Waals surface area contributed by atoms with Crippen molar-refractivity contribution < 1.29 is 0 Å². The maximum absolute atomic E-state index is 4.25. The molecule has 0 amide bonds. The number of nitrogens with zero attached hydrogens (tertiary/aromatic N) is 1. The Balaban J connectivity index is 1.09. The second-order valence-corrected chi connectivity index (χ2v) is 18.8. The zero-order valence-corrected chi connectivity index (χ0v) is 31.8. The van der Waals surface area contributed by atoms with Gasteiger partial charge in [0, 0.05) is 12.4 Å². The van der Waals surface area contributed by atoms with Crippen LogP contribution in [-0.2, 0) is 5.41 Å². The number of benzene rings is 8. The first kappa shape index (κ1) is 32.5. The van der Waals surface area contributed by atoms with E-state index in [0.29, 0.717) is 0 Å². The lowest BCUT2D eigenvalue weighted by Gasteiger charge is -2.34. The second-order valence-electron chi connectivity index (χ2n) is 15.0. The first-order valence-electron chi connectivity index (χ1n) is 19.4. The molecule has 9 aromatic rings. The number of pyridine rings is 1. The van der Waals surface area contributed by atoms with Crippen LogP contribution in [0.5, 0.6) is 0 Å². The van der Waals surface area contributed by atoms with Crippen molar-refractivity contribution in [1.82, 2.24) is 4.98 Å². The Labute approximate surface area is 329 Å². The van der Waals surface area contributed by atoms with E-state index in [-0.39, 0.29) is 5.41 Å². The molecule has 2 heteroatoms. The van der Waals surface area contributed by atoms with Crippen molar-refractivity contribution in [3.05, 3.63) is 247 Å². The van der Waals surface area contributed by atoms with E-state index in [1.165, 1.54) is 87.5 Å². The Morgan fingerprint density at radius 2 is 0.643 bits per heavy atom. The van der Waals surface area contributed by atoms with E-state index in [1.54, 1.807) is 0 Å². The van der Waals surface area contributed by atoms with E-state index in [1.807, 2.05) is 12.4 Å². The summed E-state index contributed by atoms with van der Waals surface area (Å²) in [6.45, 7) is 0. The maximum atomic E-state index is 4.25. The van der Waals surface area contributed by atoms with Gasteiger partial charge in [-0.25, -0.2) is 0 Å². The van der Waals surface area contributed by atoms with Gasteiger partial charge >= 0.3 is 0 Å². The summed E-state index contributed by atoms with van der Waals surface area (Å²) in [6.07, 6.45) is 3.73. The third-order valence-electron chi connectivity index (χ3n) is 12.4. The van der Waals surface area contributed by atoms with Gasteiger partial charge in [-0.15, -0.1) is 0 Å². The van der Waals surface area contributed by atoms with Crippen LogP contribution in [-0.4, -0.2) is 13.1 Å². The Hall–Kier alpha value is -6.87. The Morgan fingerprint density at radius 1 is 0.286 bits per heavy atom. The van der Waals surface area contributed by atoms with E-state index in [0.717, 1.165) is 0 Å². The predicted molar refractivity (Wildman–Crippen MR) is 235 cm³/mol. The summed E-state index contributed by atoms with van der Waals surface area (Å²) >= 11 is 0. The zero-order valence-electron chi connectivity index (χ0n) is 30.8. The van der Waals surface area contributed by atoms with Crippen molar-refractivity contribution in [3.8, 4) is 44.5 Å². The minimum Gasteiger partial charge on any atom is -0.265 e. The maximum Gasteiger partial charge on any atom is 0.179 e. The summed E-state index contributed by atoms with van der Waals surface area (Å²) in [6, 6.07) is 79.7. The summed E-state index contributed by atoms with van der Waals surface area (Å²) in [5.41, 5.74) is 15.3. The van der Waals surface area contributed by atoms with Crippen LogP contribution >= 0.6 is 0 Å². The molecule has 0 fully saturated rings. The van der Waals surface area contributed by atoms with Gasteiger partial charge in [0.1, 0.15) is 0 Å². The molecule has 1 nitrogen and oxygen atoms in total. The largest absolute Gasteiger partial charge is 0.265 e. The molecule has 0 saturated heterocycles. The molecule has 262 valence electrons. The highest BCUT2D eigenvalue weighted by Crippen LogP contribution is 2.62. The van der Waals surface area contributed by atoms with E-state index in [2.05, 4.69) is 217 Å². The lowest BCUT2D eigenvalue weighted by Crippen LogP contribution is -2.74. The first-order chi connectivity index (χ1) is 27.8. The molecule has 56 heavy (non-hydrogen) atoms. The van der Waals surface area contributed by atoms with Gasteiger partial charge in [0.15, 0.2) is 8.07 Å². The van der Waals surface area contributed by atoms with Crippen molar-refractivity contribution in [2.45, 2.75) is 5.41 Å². The smallest absolute Gasteiger partial charge is 0.179 e. The fraction of sp³-hybridized carbons (Fsp3) is 0.0185. The van der Waals surface area contributed by atoms with Crippen molar-refractivity contribution in [2.75, 3.05) is 0 Å². The highest BCUT2D eigenvalue weighted by molar-refractivity contribution is 7.19. The molecule has 2 aliphatic carbocycles. The van der Waals surface area contributed by atoms with Gasteiger partial charge in [-0.3, -0.25) is 4.98 Å². The average Bonchev–Trinajstić information content (AvgIpc) is 3.75. The van der Waals surface area contributed by atoms with Crippen molar-refractivity contribution in [1.29, 1.82) is 0 Å². The third-order valence-corrected chi connectivity index (χ3v) is 17.2. The summed E-state index contributed by atoms with van der Waals surface area (Å²) in [5.74, 6) is 0. The number of fused-ring (bicyclic) bond motifs is 10. The molecule has 0 radical (unpaired) electrons. The Bertz CT molecular complexity index is 2780. The van der Waals surface area contributed by atoms with Gasteiger partial charge < -0.3 is 0 Å². The summed E-state index contributed by atoms with van der Waals surface area (Å²) in [5, 5.41) is 5.45. The molecule has 0 bridgehead atoms. The fourth-order valence-corrected chi connectivity index (χ4v) is 14.7. The number of hydrogen-bond acceptors (Lipinski definition) is 1. The van der Waals surface area contributed by atoms with Crippen LogP contribution in [0, 0.1) is 0 Å². The lowest BCUT2D eigenvalue weighted by atomic mass is 9.70. The van der Waals surface area contributed by atoms with Crippen LogP contribution in [0.25, 0.3) is 44.5 Å². The normalized spacial score (nSPS) is 13.1. The second kappa shape index (κ2) is 12.9. The number of hydrogen-bond donors (Lipinski definition) is 0. The summed E-state index contributed by atoms with van der Waals surface area (Å²) < 4.78 is 0. The highest BCUT2D eigenvalue weighted by Gasteiger charge is 2.51. The molecule has 1 spiro atoms. The fourth-order valence-electron chi connectivity index (χ4n) is 10.0. The predicted octanol–water partition coefficient (Wildman–Crippen LogP) is 10.1. The summed E-state index contributed by atoms with van der Waals surface area (Å²) in [7, 11) is -2.73. The van der Waals surface area contributed by atoms with Crippen molar-refractivity contribution >= 4 is 28.8 Å². The van der Waals surface area contributed by atoms with Crippen molar-refractivity contribution in [2.24, 2.45) is 0 Å². The monoisotopic (exact) mass is 727 g/mol. The molecule has 8 aromatic carbocycles. The molecule has 0 N–H and O–H groups in total. The van der Waals surface area contributed by atoms with Crippen LogP contribution in [0.1, 0.15) is 22.3 Å². The molecular formula is C54H37NSi. The van der Waals surface area contributed by atoms with Crippen LogP contribution in [0.4, 0.5) is 0 Å².